The molecular formula is C12H11ClFN3O5. The molecule has 0 fully saturated rings. The van der Waals surface area contributed by atoms with Crippen LogP contribution in [0.3, 0.4) is 0 Å². The van der Waals surface area contributed by atoms with Crippen LogP contribution in [0.25, 0.3) is 5.69 Å². The zero-order chi connectivity index (χ0) is 16.8. The van der Waals surface area contributed by atoms with Gasteiger partial charge in [0.05, 0.1) is 4.92 Å². The Morgan fingerprint density at radius 1 is 1.50 bits per heavy atom. The van der Waals surface area contributed by atoms with Crippen molar-refractivity contribution < 1.29 is 18.8 Å². The average Bonchev–Trinajstić information content (AvgIpc) is 2.70. The van der Waals surface area contributed by atoms with Crippen LogP contribution in [0.5, 0.6) is 5.75 Å². The van der Waals surface area contributed by atoms with Crippen molar-refractivity contribution in [1.29, 1.82) is 0 Å². The zero-order valence-corrected chi connectivity index (χ0v) is 12.5. The SMILES string of the molecule is CC(C)(C)c1nn(-c2c(F)cc(Cl)c([N+](=O)[O-])c2O)c(=O)o1. The van der Waals surface area contributed by atoms with Crippen LogP contribution in [0.15, 0.2) is 15.3 Å². The third-order valence-electron chi connectivity index (χ3n) is 2.74. The lowest BCUT2D eigenvalue weighted by molar-refractivity contribution is -0.385. The van der Waals surface area contributed by atoms with Gasteiger partial charge in [0.25, 0.3) is 0 Å². The standard InChI is InChI=1S/C12H11ClFN3O5/c1-12(2,3)10-15-16(11(19)22-10)8-6(14)4-5(13)7(9(8)18)17(20)21/h4,18H,1-3H3. The van der Waals surface area contributed by atoms with Gasteiger partial charge in [-0.2, -0.15) is 4.68 Å². The van der Waals surface area contributed by atoms with E-state index in [1.807, 2.05) is 0 Å². The Hall–Kier alpha value is -2.42. The molecule has 0 saturated carbocycles. The maximum Gasteiger partial charge on any atom is 0.442 e. The third kappa shape index (κ3) is 2.54. The molecule has 0 unspecified atom stereocenters. The Labute approximate surface area is 127 Å². The van der Waals surface area contributed by atoms with E-state index in [-0.39, 0.29) is 5.89 Å². The quantitative estimate of drug-likeness (QED) is 0.668. The number of rotatable bonds is 2. The molecule has 2 aromatic rings. The van der Waals surface area contributed by atoms with Gasteiger partial charge in [-0.05, 0) is 0 Å². The summed E-state index contributed by atoms with van der Waals surface area (Å²) in [6, 6.07) is 0.618. The number of nitrogens with zero attached hydrogens (tertiary/aromatic N) is 3. The van der Waals surface area contributed by atoms with Gasteiger partial charge in [-0.25, -0.2) is 9.18 Å². The number of nitro benzene ring substituents is 1. The fourth-order valence-corrected chi connectivity index (χ4v) is 1.94. The predicted molar refractivity (Wildman–Crippen MR) is 74.1 cm³/mol. The molecule has 0 amide bonds. The van der Waals surface area contributed by atoms with Crippen LogP contribution >= 0.6 is 11.6 Å². The average molecular weight is 332 g/mol. The summed E-state index contributed by atoms with van der Waals surface area (Å²) in [7, 11) is 0. The van der Waals surface area contributed by atoms with Crippen LogP contribution in [0.1, 0.15) is 26.7 Å². The van der Waals surface area contributed by atoms with Gasteiger partial charge in [0.2, 0.25) is 11.6 Å². The highest BCUT2D eigenvalue weighted by Crippen LogP contribution is 2.39. The second kappa shape index (κ2) is 5.09. The van der Waals surface area contributed by atoms with E-state index in [2.05, 4.69) is 5.10 Å². The largest absolute Gasteiger partial charge is 0.500 e. The highest BCUT2D eigenvalue weighted by atomic mass is 35.5. The molecule has 0 radical (unpaired) electrons. The molecule has 0 bridgehead atoms. The number of benzene rings is 1. The number of aromatic hydroxyl groups is 1. The summed E-state index contributed by atoms with van der Waals surface area (Å²) in [6.07, 6.45) is 0. The smallest absolute Gasteiger partial charge is 0.442 e. The van der Waals surface area contributed by atoms with Gasteiger partial charge in [-0.1, -0.05) is 32.4 Å². The Morgan fingerprint density at radius 3 is 2.55 bits per heavy atom. The third-order valence-corrected chi connectivity index (χ3v) is 3.03. The first-order valence-electron chi connectivity index (χ1n) is 6.00. The van der Waals surface area contributed by atoms with Crippen LogP contribution in [0.4, 0.5) is 10.1 Å². The van der Waals surface area contributed by atoms with Crippen LogP contribution in [-0.2, 0) is 5.41 Å². The van der Waals surface area contributed by atoms with Crippen LogP contribution in [-0.4, -0.2) is 19.8 Å². The Balaban J connectivity index is 2.79. The van der Waals surface area contributed by atoms with Crippen molar-refractivity contribution in [2.75, 3.05) is 0 Å². The fraction of sp³-hybridized carbons (Fsp3) is 0.333. The van der Waals surface area contributed by atoms with E-state index in [0.29, 0.717) is 10.7 Å². The molecule has 10 heteroatoms. The van der Waals surface area contributed by atoms with E-state index < -0.39 is 44.1 Å². The first-order valence-corrected chi connectivity index (χ1v) is 6.38. The van der Waals surface area contributed by atoms with Crippen molar-refractivity contribution in [3.8, 4) is 11.4 Å². The molecule has 1 aromatic heterocycles. The van der Waals surface area contributed by atoms with E-state index in [1.165, 1.54) is 0 Å². The lowest BCUT2D eigenvalue weighted by atomic mass is 9.97. The van der Waals surface area contributed by atoms with Gasteiger partial charge in [0.1, 0.15) is 5.02 Å². The minimum atomic E-state index is -1.15. The van der Waals surface area contributed by atoms with E-state index in [1.54, 1.807) is 20.8 Å². The van der Waals surface area contributed by atoms with Crippen molar-refractivity contribution >= 4 is 17.3 Å². The Bertz CT molecular complexity index is 821. The van der Waals surface area contributed by atoms with Crippen molar-refractivity contribution in [1.82, 2.24) is 9.78 Å². The second-order valence-corrected chi connectivity index (χ2v) is 5.89. The molecular weight excluding hydrogens is 321 g/mol. The van der Waals surface area contributed by atoms with E-state index in [9.17, 15) is 24.4 Å². The van der Waals surface area contributed by atoms with E-state index in [0.717, 1.165) is 0 Å². The molecule has 0 atom stereocenters. The minimum absolute atomic E-state index is 0.0195. The van der Waals surface area contributed by atoms with Crippen LogP contribution in [0, 0.1) is 15.9 Å². The Kier molecular flexibility index (Phi) is 3.69. The molecule has 22 heavy (non-hydrogen) atoms. The number of phenolic OH excluding ortho intramolecular Hbond substituents is 1. The highest BCUT2D eigenvalue weighted by Gasteiger charge is 2.30. The molecule has 0 saturated heterocycles. The summed E-state index contributed by atoms with van der Waals surface area (Å²) in [6.45, 7) is 5.09. The van der Waals surface area contributed by atoms with Crippen molar-refractivity contribution in [3.05, 3.63) is 43.5 Å². The number of aromatic nitrogens is 2. The molecule has 1 heterocycles. The summed E-state index contributed by atoms with van der Waals surface area (Å²) in [4.78, 5) is 21.7. The van der Waals surface area contributed by atoms with Gasteiger partial charge in [-0.15, -0.1) is 5.10 Å². The van der Waals surface area contributed by atoms with Gasteiger partial charge in [0, 0.05) is 11.5 Å². The van der Waals surface area contributed by atoms with Crippen LogP contribution < -0.4 is 5.76 Å². The van der Waals surface area contributed by atoms with Gasteiger partial charge in [-0.3, -0.25) is 10.1 Å². The minimum Gasteiger partial charge on any atom is -0.500 e. The number of hydrogen-bond acceptors (Lipinski definition) is 6. The maximum atomic E-state index is 14.0. The number of nitro groups is 1. The number of hydrogen-bond donors (Lipinski definition) is 1. The summed E-state index contributed by atoms with van der Waals surface area (Å²) in [5, 5.41) is 24.0. The van der Waals surface area contributed by atoms with E-state index >= 15 is 0 Å². The lowest BCUT2D eigenvalue weighted by Crippen LogP contribution is -2.16. The topological polar surface area (TPSA) is 111 Å². The second-order valence-electron chi connectivity index (χ2n) is 5.48. The molecule has 0 aliphatic heterocycles. The van der Waals surface area contributed by atoms with Crippen molar-refractivity contribution in [2.45, 2.75) is 26.2 Å². The molecule has 118 valence electrons. The molecule has 0 aliphatic carbocycles. The van der Waals surface area contributed by atoms with E-state index in [4.69, 9.17) is 16.0 Å². The summed E-state index contributed by atoms with van der Waals surface area (Å²) >= 11 is 5.53. The summed E-state index contributed by atoms with van der Waals surface area (Å²) < 4.78 is 19.3. The maximum absolute atomic E-state index is 14.0. The first kappa shape index (κ1) is 16.0. The molecule has 1 N–H and O–H groups in total. The van der Waals surface area contributed by atoms with Crippen LogP contribution in [0.2, 0.25) is 5.02 Å². The number of phenols is 1. The highest BCUT2D eigenvalue weighted by molar-refractivity contribution is 6.33. The molecule has 0 spiro atoms. The van der Waals surface area contributed by atoms with Crippen molar-refractivity contribution in [2.24, 2.45) is 0 Å². The lowest BCUT2D eigenvalue weighted by Gasteiger charge is -2.11. The van der Waals surface area contributed by atoms with Gasteiger partial charge in [0.15, 0.2) is 11.5 Å². The summed E-state index contributed by atoms with van der Waals surface area (Å²) in [5.74, 6) is -3.36. The molecule has 1 aromatic carbocycles. The number of halogens is 2. The normalized spacial score (nSPS) is 11.7. The molecule has 2 rings (SSSR count). The first-order chi connectivity index (χ1) is 10.0. The predicted octanol–water partition coefficient (Wildman–Crippen LogP) is 2.53. The fourth-order valence-electron chi connectivity index (χ4n) is 1.68. The summed E-state index contributed by atoms with van der Waals surface area (Å²) in [5.41, 5.74) is -2.37. The zero-order valence-electron chi connectivity index (χ0n) is 11.8. The molecule has 0 aliphatic rings. The van der Waals surface area contributed by atoms with Crippen molar-refractivity contribution in [3.63, 3.8) is 0 Å². The molecule has 8 nitrogen and oxygen atoms in total. The van der Waals surface area contributed by atoms with Gasteiger partial charge < -0.3 is 9.52 Å². The Morgan fingerprint density at radius 2 is 2.09 bits per heavy atom. The van der Waals surface area contributed by atoms with Gasteiger partial charge >= 0.3 is 11.4 Å². The monoisotopic (exact) mass is 331 g/mol.